The van der Waals surface area contributed by atoms with E-state index in [1.54, 1.807) is 11.3 Å². The number of aryl methyl sites for hydroxylation is 2. The number of urea groups is 1. The lowest BCUT2D eigenvalue weighted by Gasteiger charge is -2.11. The van der Waals surface area contributed by atoms with Crippen LogP contribution >= 0.6 is 22.7 Å². The number of thiazole rings is 1. The summed E-state index contributed by atoms with van der Waals surface area (Å²) in [6, 6.07) is 1.60. The molecular weight excluding hydrogens is 306 g/mol. The molecule has 2 amide bonds. The number of thiophene rings is 1. The zero-order chi connectivity index (χ0) is 15.1. The molecule has 0 aliphatic rings. The van der Waals surface area contributed by atoms with E-state index in [4.69, 9.17) is 0 Å². The Morgan fingerprint density at radius 1 is 1.43 bits per heavy atom. The number of nitrogens with one attached hydrogen (secondary N) is 2. The number of rotatable bonds is 7. The van der Waals surface area contributed by atoms with E-state index in [9.17, 15) is 9.90 Å². The van der Waals surface area contributed by atoms with Crippen molar-refractivity contribution in [2.24, 2.45) is 0 Å². The molecule has 0 saturated heterocycles. The van der Waals surface area contributed by atoms with Gasteiger partial charge in [-0.3, -0.25) is 0 Å². The van der Waals surface area contributed by atoms with Crippen molar-refractivity contribution < 1.29 is 9.90 Å². The normalized spacial score (nSPS) is 12.1. The van der Waals surface area contributed by atoms with Crippen LogP contribution in [0.1, 0.15) is 28.8 Å². The second-order valence-corrected chi connectivity index (χ2v) is 6.42. The number of aliphatic hydroxyl groups excluding tert-OH is 1. The van der Waals surface area contributed by atoms with Crippen LogP contribution in [-0.4, -0.2) is 29.2 Å². The number of carbonyl (C=O) groups is 1. The van der Waals surface area contributed by atoms with Gasteiger partial charge in [-0.1, -0.05) is 0 Å². The lowest BCUT2D eigenvalue weighted by Crippen LogP contribution is -2.38. The Morgan fingerprint density at radius 3 is 2.95 bits per heavy atom. The Bertz CT molecular complexity index is 554. The highest BCUT2D eigenvalue weighted by Crippen LogP contribution is 2.14. The topological polar surface area (TPSA) is 74.2 Å². The first-order valence-electron chi connectivity index (χ1n) is 6.78. The van der Waals surface area contributed by atoms with Gasteiger partial charge < -0.3 is 15.7 Å². The van der Waals surface area contributed by atoms with Crippen molar-refractivity contribution in [3.8, 4) is 0 Å². The summed E-state index contributed by atoms with van der Waals surface area (Å²) >= 11 is 3.17. The van der Waals surface area contributed by atoms with Gasteiger partial charge in [-0.05, 0) is 35.7 Å². The minimum Gasteiger partial charge on any atom is -0.387 e. The lowest BCUT2D eigenvalue weighted by molar-refractivity contribution is 0.173. The molecule has 0 aliphatic carbocycles. The van der Waals surface area contributed by atoms with Crippen molar-refractivity contribution in [1.82, 2.24) is 15.6 Å². The van der Waals surface area contributed by atoms with E-state index in [1.165, 1.54) is 11.3 Å². The highest BCUT2D eigenvalue weighted by molar-refractivity contribution is 7.09. The maximum Gasteiger partial charge on any atom is 0.314 e. The summed E-state index contributed by atoms with van der Waals surface area (Å²) < 4.78 is 0. The smallest absolute Gasteiger partial charge is 0.314 e. The number of amides is 2. The minimum atomic E-state index is -0.653. The Balaban J connectivity index is 1.57. The molecule has 1 atom stereocenters. The predicted octanol–water partition coefficient (Wildman–Crippen LogP) is 2.48. The fourth-order valence-electron chi connectivity index (χ4n) is 1.79. The first-order chi connectivity index (χ1) is 10.1. The molecule has 7 heteroatoms. The molecule has 1 unspecified atom stereocenters. The molecule has 2 rings (SSSR count). The summed E-state index contributed by atoms with van der Waals surface area (Å²) in [5.41, 5.74) is 1.88. The van der Waals surface area contributed by atoms with Crippen LogP contribution in [0.3, 0.4) is 0 Å². The second-order valence-electron chi connectivity index (χ2n) is 4.70. The molecule has 0 radical (unpaired) electrons. The highest BCUT2D eigenvalue weighted by atomic mass is 32.1. The van der Waals surface area contributed by atoms with Gasteiger partial charge in [0.15, 0.2) is 0 Å². The molecule has 3 N–H and O–H groups in total. The number of aliphatic hydroxyl groups is 1. The van der Waals surface area contributed by atoms with Gasteiger partial charge in [0.25, 0.3) is 0 Å². The van der Waals surface area contributed by atoms with Gasteiger partial charge in [0.2, 0.25) is 0 Å². The molecule has 0 aliphatic heterocycles. The summed E-state index contributed by atoms with van der Waals surface area (Å²) in [6.07, 6.45) is 1.07. The summed E-state index contributed by atoms with van der Waals surface area (Å²) in [4.78, 5) is 16.0. The van der Waals surface area contributed by atoms with Crippen molar-refractivity contribution in [1.29, 1.82) is 0 Å². The number of hydrogen-bond donors (Lipinski definition) is 3. The summed E-state index contributed by atoms with van der Waals surface area (Å²) in [7, 11) is 0. The van der Waals surface area contributed by atoms with Crippen molar-refractivity contribution in [3.05, 3.63) is 38.5 Å². The van der Waals surface area contributed by atoms with Gasteiger partial charge >= 0.3 is 6.03 Å². The van der Waals surface area contributed by atoms with Crippen molar-refractivity contribution in [2.45, 2.75) is 25.9 Å². The van der Waals surface area contributed by atoms with E-state index in [0.29, 0.717) is 6.54 Å². The number of carbonyl (C=O) groups excluding carboxylic acids is 1. The fourth-order valence-corrected chi connectivity index (χ4v) is 3.32. The van der Waals surface area contributed by atoms with E-state index in [1.807, 2.05) is 29.1 Å². The Labute approximate surface area is 132 Å². The molecule has 0 aromatic carbocycles. The molecule has 0 spiro atoms. The average molecular weight is 325 g/mol. The zero-order valence-corrected chi connectivity index (χ0v) is 13.5. The third-order valence-electron chi connectivity index (χ3n) is 2.90. The number of hydrogen-bond acceptors (Lipinski definition) is 5. The van der Waals surface area contributed by atoms with Gasteiger partial charge in [-0.15, -0.1) is 11.3 Å². The van der Waals surface area contributed by atoms with Gasteiger partial charge in [0.1, 0.15) is 0 Å². The van der Waals surface area contributed by atoms with Crippen LogP contribution in [-0.2, 0) is 6.42 Å². The molecule has 0 saturated carbocycles. The van der Waals surface area contributed by atoms with Crippen LogP contribution < -0.4 is 10.6 Å². The van der Waals surface area contributed by atoms with E-state index in [2.05, 4.69) is 15.6 Å². The highest BCUT2D eigenvalue weighted by Gasteiger charge is 2.09. The summed E-state index contributed by atoms with van der Waals surface area (Å²) in [6.45, 7) is 2.79. The molecular formula is C14H19N3O2S2. The number of aromatic nitrogens is 1. The first-order valence-corrected chi connectivity index (χ1v) is 8.60. The number of nitrogens with zero attached hydrogens (tertiary/aromatic N) is 1. The van der Waals surface area contributed by atoms with E-state index < -0.39 is 6.10 Å². The van der Waals surface area contributed by atoms with Crippen LogP contribution in [0.25, 0.3) is 0 Å². The van der Waals surface area contributed by atoms with Crippen LogP contribution in [0.5, 0.6) is 0 Å². The summed E-state index contributed by atoms with van der Waals surface area (Å²) in [5.74, 6) is 0. The average Bonchev–Trinajstić information content (AvgIpc) is 3.12. The standard InChI is InChI=1S/C14H19N3O2S2/c1-10-8-21-13(17-10)3-2-5-15-14(19)16-7-12(18)11-4-6-20-9-11/h4,6,8-9,12,18H,2-3,5,7H2,1H3,(H2,15,16,19). The Morgan fingerprint density at radius 2 is 2.29 bits per heavy atom. The second kappa shape index (κ2) is 8.11. The van der Waals surface area contributed by atoms with Crippen LogP contribution in [0, 0.1) is 6.92 Å². The van der Waals surface area contributed by atoms with Gasteiger partial charge in [-0.2, -0.15) is 11.3 Å². The molecule has 5 nitrogen and oxygen atoms in total. The summed E-state index contributed by atoms with van der Waals surface area (Å²) in [5, 5.41) is 22.2. The largest absolute Gasteiger partial charge is 0.387 e. The van der Waals surface area contributed by atoms with E-state index in [0.717, 1.165) is 29.1 Å². The molecule has 114 valence electrons. The van der Waals surface area contributed by atoms with Crippen LogP contribution in [0.15, 0.2) is 22.2 Å². The predicted molar refractivity (Wildman–Crippen MR) is 85.9 cm³/mol. The fraction of sp³-hybridized carbons (Fsp3) is 0.429. The van der Waals surface area contributed by atoms with Crippen molar-refractivity contribution >= 4 is 28.7 Å². The Hall–Kier alpha value is -1.44. The zero-order valence-electron chi connectivity index (χ0n) is 11.8. The lowest BCUT2D eigenvalue weighted by atomic mass is 10.2. The van der Waals surface area contributed by atoms with Crippen molar-refractivity contribution in [2.75, 3.05) is 13.1 Å². The van der Waals surface area contributed by atoms with Gasteiger partial charge in [0.05, 0.1) is 11.1 Å². The third-order valence-corrected chi connectivity index (χ3v) is 4.63. The molecule has 2 aromatic rings. The Kier molecular flexibility index (Phi) is 6.16. The van der Waals surface area contributed by atoms with Crippen LogP contribution in [0.4, 0.5) is 4.79 Å². The third kappa shape index (κ3) is 5.45. The van der Waals surface area contributed by atoms with Gasteiger partial charge in [0, 0.05) is 30.6 Å². The maximum atomic E-state index is 11.6. The first kappa shape index (κ1) is 15.9. The van der Waals surface area contributed by atoms with Gasteiger partial charge in [-0.25, -0.2) is 9.78 Å². The minimum absolute atomic E-state index is 0.217. The molecule has 21 heavy (non-hydrogen) atoms. The molecule has 0 fully saturated rings. The monoisotopic (exact) mass is 325 g/mol. The molecule has 0 bridgehead atoms. The quantitative estimate of drug-likeness (QED) is 0.685. The van der Waals surface area contributed by atoms with Crippen molar-refractivity contribution in [3.63, 3.8) is 0 Å². The molecule has 2 aromatic heterocycles. The molecule has 2 heterocycles. The van der Waals surface area contributed by atoms with E-state index in [-0.39, 0.29) is 12.6 Å². The van der Waals surface area contributed by atoms with E-state index >= 15 is 0 Å². The maximum absolute atomic E-state index is 11.6. The van der Waals surface area contributed by atoms with Crippen LogP contribution in [0.2, 0.25) is 0 Å². The SMILES string of the molecule is Cc1csc(CCCNC(=O)NCC(O)c2ccsc2)n1.